The van der Waals surface area contributed by atoms with Crippen molar-refractivity contribution in [3.63, 3.8) is 0 Å². The second-order valence-corrected chi connectivity index (χ2v) is 19.2. The van der Waals surface area contributed by atoms with E-state index in [1.165, 1.54) is 24.0 Å². The van der Waals surface area contributed by atoms with Gasteiger partial charge < -0.3 is 25.0 Å². The number of carbonyl (C=O) groups is 5. The molecule has 1 aromatic rings. The molecule has 7 atom stereocenters. The molecule has 57 heavy (non-hydrogen) atoms. The van der Waals surface area contributed by atoms with Crippen LogP contribution >= 0.6 is 0 Å². The molecule has 19 heteroatoms. The number of fused-ring (bicyclic) bond motifs is 3. The number of hydrogen-bond acceptors (Lipinski definition) is 9. The zero-order valence-corrected chi connectivity index (χ0v) is 33.2. The number of nitrogens with one attached hydrogen (secondary N) is 3. The summed E-state index contributed by atoms with van der Waals surface area (Å²) in [5.41, 5.74) is -3.73. The van der Waals surface area contributed by atoms with Crippen molar-refractivity contribution in [2.45, 2.75) is 133 Å². The lowest BCUT2D eigenvalue weighted by atomic mass is 9.88. The van der Waals surface area contributed by atoms with Crippen molar-refractivity contribution in [3.05, 3.63) is 47.3 Å². The number of halogens is 4. The van der Waals surface area contributed by atoms with Gasteiger partial charge in [0.25, 0.3) is 5.91 Å². The van der Waals surface area contributed by atoms with E-state index in [9.17, 15) is 50.0 Å². The second-order valence-electron chi connectivity index (χ2n) is 17.0. The van der Waals surface area contributed by atoms with Crippen LogP contribution in [0.2, 0.25) is 0 Å². The Labute approximate surface area is 328 Å². The maximum Gasteiger partial charge on any atom is 0.427 e. The van der Waals surface area contributed by atoms with Crippen LogP contribution in [0.5, 0.6) is 0 Å². The number of ether oxygens (including phenoxy) is 2. The van der Waals surface area contributed by atoms with E-state index >= 15 is 0 Å². The summed E-state index contributed by atoms with van der Waals surface area (Å²) in [7, 11) is -4.11. The van der Waals surface area contributed by atoms with Gasteiger partial charge in [-0.25, -0.2) is 22.4 Å². The van der Waals surface area contributed by atoms with E-state index in [0.29, 0.717) is 57.1 Å². The average molecular weight is 828 g/mol. The summed E-state index contributed by atoms with van der Waals surface area (Å²) in [6.45, 7) is 5.90. The molecule has 7 unspecified atom stereocenters. The van der Waals surface area contributed by atoms with E-state index in [2.05, 4.69) is 15.4 Å². The molecular weight excluding hydrogens is 779 g/mol. The molecule has 5 aliphatic rings. The lowest BCUT2D eigenvalue weighted by Crippen LogP contribution is -2.59. The number of rotatable bonds is 6. The van der Waals surface area contributed by atoms with Gasteiger partial charge in [0, 0.05) is 24.4 Å². The fourth-order valence-electron chi connectivity index (χ4n) is 7.77. The van der Waals surface area contributed by atoms with Gasteiger partial charge in [-0.05, 0) is 82.8 Å². The molecule has 6 rings (SSSR count). The number of carbonyl (C=O) groups excluding carboxylic acids is 5. The SMILES string of the molecule is CC1CCC=CC2CC2(C(=O)NS(=O)(=O)C2(C)CC2)NC(=O)C2CC(OC(=O)N3Cc4cccc(F)c4C3)CN2C(=O)C(NC(=O)OC(C)(C)C(F)(F)F)C(C)C1. The van der Waals surface area contributed by atoms with Gasteiger partial charge in [0.1, 0.15) is 29.5 Å². The fourth-order valence-corrected chi connectivity index (χ4v) is 9.08. The number of alkyl halides is 3. The maximum absolute atomic E-state index is 14.6. The number of amides is 5. The van der Waals surface area contributed by atoms with Crippen molar-refractivity contribution < 1.29 is 59.4 Å². The molecule has 0 aromatic heterocycles. The number of alkyl carbamates (subject to hydrolysis) is 1. The largest absolute Gasteiger partial charge is 0.444 e. The van der Waals surface area contributed by atoms with Gasteiger partial charge in [-0.3, -0.25) is 24.0 Å². The van der Waals surface area contributed by atoms with Gasteiger partial charge in [0.05, 0.1) is 17.8 Å². The maximum atomic E-state index is 14.6. The van der Waals surface area contributed by atoms with E-state index in [0.717, 1.165) is 4.90 Å². The van der Waals surface area contributed by atoms with E-state index in [1.54, 1.807) is 19.1 Å². The Hall–Kier alpha value is -4.42. The number of allylic oxidation sites excluding steroid dienone is 1. The first-order valence-electron chi connectivity index (χ1n) is 19.1. The molecule has 2 aliphatic carbocycles. The molecule has 2 saturated carbocycles. The molecule has 0 radical (unpaired) electrons. The molecule has 3 heterocycles. The minimum atomic E-state index is -4.94. The van der Waals surface area contributed by atoms with Crippen LogP contribution in [0.25, 0.3) is 0 Å². The smallest absolute Gasteiger partial charge is 0.427 e. The highest BCUT2D eigenvalue weighted by atomic mass is 32.2. The summed E-state index contributed by atoms with van der Waals surface area (Å²) in [5.74, 6) is -4.58. The van der Waals surface area contributed by atoms with Crippen LogP contribution in [0.15, 0.2) is 30.4 Å². The lowest BCUT2D eigenvalue weighted by Gasteiger charge is -2.34. The van der Waals surface area contributed by atoms with Gasteiger partial charge in [-0.1, -0.05) is 38.1 Å². The number of hydrogen-bond donors (Lipinski definition) is 3. The van der Waals surface area contributed by atoms with Crippen molar-refractivity contribution in [2.24, 2.45) is 17.8 Å². The Morgan fingerprint density at radius 2 is 1.75 bits per heavy atom. The minimum absolute atomic E-state index is 0.0395. The third-order valence-electron chi connectivity index (χ3n) is 12.0. The van der Waals surface area contributed by atoms with E-state index in [-0.39, 0.29) is 31.8 Å². The fraction of sp³-hybridized carbons (Fsp3) is 0.658. The van der Waals surface area contributed by atoms with Gasteiger partial charge in [-0.2, -0.15) is 13.2 Å². The standard InChI is InChI=1S/C38H49F4N5O9S/c1-21-9-6-7-11-24-17-37(24,32(50)45-57(53,54)36(5)13-14-36)44-30(48)28-16-25(55-34(52)46-18-23-10-8-12-27(39)26(23)20-46)19-47(28)31(49)29(22(2)15-21)43-33(51)56-35(3,4)38(40,41)42/h7-8,10-12,21-22,24-25,28-29H,6,9,13-20H2,1-5H3,(H,43,51)(H,44,48)(H,45,50). The van der Waals surface area contributed by atoms with Crippen LogP contribution in [0.1, 0.15) is 90.7 Å². The number of nitrogens with zero attached hydrogens (tertiary/aromatic N) is 2. The molecule has 3 aliphatic heterocycles. The molecule has 0 bridgehead atoms. The van der Waals surface area contributed by atoms with Crippen molar-refractivity contribution in [1.82, 2.24) is 25.2 Å². The van der Waals surface area contributed by atoms with Crippen LogP contribution < -0.4 is 15.4 Å². The molecule has 1 aromatic carbocycles. The summed E-state index contributed by atoms with van der Waals surface area (Å²) in [4.78, 5) is 71.5. The van der Waals surface area contributed by atoms with E-state index in [1.807, 2.05) is 13.0 Å². The normalized spacial score (nSPS) is 30.1. The highest BCUT2D eigenvalue weighted by Gasteiger charge is 2.63. The third-order valence-corrected chi connectivity index (χ3v) is 14.2. The van der Waals surface area contributed by atoms with Crippen molar-refractivity contribution >= 4 is 39.9 Å². The van der Waals surface area contributed by atoms with Crippen molar-refractivity contribution in [2.75, 3.05) is 6.54 Å². The van der Waals surface area contributed by atoms with Crippen LogP contribution in [0, 0.1) is 23.6 Å². The topological polar surface area (TPSA) is 181 Å². The first kappa shape index (κ1) is 42.2. The van der Waals surface area contributed by atoms with Gasteiger partial charge >= 0.3 is 18.4 Å². The quantitative estimate of drug-likeness (QED) is 0.274. The number of sulfonamides is 1. The Balaban J connectivity index is 1.30. The highest BCUT2D eigenvalue weighted by Crippen LogP contribution is 2.47. The lowest BCUT2D eigenvalue weighted by molar-refractivity contribution is -0.244. The Kier molecular flexibility index (Phi) is 11.2. The molecule has 5 amide bonds. The monoisotopic (exact) mass is 827 g/mol. The third kappa shape index (κ3) is 8.58. The molecular formula is C38H49F4N5O9S. The van der Waals surface area contributed by atoms with Gasteiger partial charge in [0.2, 0.25) is 27.4 Å². The molecule has 14 nitrogen and oxygen atoms in total. The first-order valence-corrected chi connectivity index (χ1v) is 20.6. The zero-order chi connectivity index (χ0) is 41.9. The second kappa shape index (κ2) is 15.1. The predicted molar refractivity (Wildman–Crippen MR) is 195 cm³/mol. The molecule has 3 N–H and O–H groups in total. The van der Waals surface area contributed by atoms with Crippen LogP contribution in [-0.2, 0) is 47.0 Å². The van der Waals surface area contributed by atoms with Gasteiger partial charge in [0.15, 0.2) is 0 Å². The average Bonchev–Trinajstić information content (AvgIpc) is 3.90. The zero-order valence-electron chi connectivity index (χ0n) is 32.4. The van der Waals surface area contributed by atoms with Crippen molar-refractivity contribution in [3.8, 4) is 0 Å². The summed E-state index contributed by atoms with van der Waals surface area (Å²) in [6.07, 6.45) is -3.05. The van der Waals surface area contributed by atoms with E-state index in [4.69, 9.17) is 9.47 Å². The summed E-state index contributed by atoms with van der Waals surface area (Å²) in [6, 6.07) is 1.48. The number of benzene rings is 1. The summed E-state index contributed by atoms with van der Waals surface area (Å²) >= 11 is 0. The Bertz CT molecular complexity index is 1960. The predicted octanol–water partition coefficient (Wildman–Crippen LogP) is 4.57. The minimum Gasteiger partial charge on any atom is -0.444 e. The Morgan fingerprint density at radius 1 is 1.05 bits per heavy atom. The summed E-state index contributed by atoms with van der Waals surface area (Å²) < 4.78 is 93.3. The molecule has 1 saturated heterocycles. The van der Waals surface area contributed by atoms with Crippen LogP contribution in [0.4, 0.5) is 27.2 Å². The highest BCUT2D eigenvalue weighted by molar-refractivity contribution is 7.91. The first-order chi connectivity index (χ1) is 26.5. The summed E-state index contributed by atoms with van der Waals surface area (Å²) in [5, 5.41) is 5.01. The Morgan fingerprint density at radius 3 is 2.40 bits per heavy atom. The van der Waals surface area contributed by atoms with Crippen LogP contribution in [-0.4, -0.2) is 94.9 Å². The van der Waals surface area contributed by atoms with E-state index < -0.39 is 104 Å². The van der Waals surface area contributed by atoms with Crippen LogP contribution in [0.3, 0.4) is 0 Å². The van der Waals surface area contributed by atoms with Crippen molar-refractivity contribution in [1.29, 1.82) is 0 Å². The van der Waals surface area contributed by atoms with Gasteiger partial charge in [-0.15, -0.1) is 0 Å². The molecule has 314 valence electrons. The molecule has 0 spiro atoms. The molecule has 3 fully saturated rings.